The predicted octanol–water partition coefficient (Wildman–Crippen LogP) is 1.44. The molecule has 2 atom stereocenters. The van der Waals surface area contributed by atoms with Gasteiger partial charge in [0.05, 0.1) is 6.10 Å². The topological polar surface area (TPSA) is 46.2 Å². The van der Waals surface area contributed by atoms with Crippen molar-refractivity contribution in [2.75, 3.05) is 0 Å². The van der Waals surface area contributed by atoms with Crippen LogP contribution in [-0.4, -0.2) is 17.3 Å². The number of hydrogen-bond acceptors (Lipinski definition) is 2. The molecule has 1 rings (SSSR count). The Morgan fingerprint density at radius 3 is 2.75 bits per heavy atom. The minimum atomic E-state index is -0.407. The lowest BCUT2D eigenvalue weighted by Crippen LogP contribution is -2.42. The monoisotopic (exact) mass is 169 g/mol. The van der Waals surface area contributed by atoms with Crippen molar-refractivity contribution in [3.8, 4) is 0 Å². The van der Waals surface area contributed by atoms with Gasteiger partial charge in [-0.15, -0.1) is 0 Å². The van der Waals surface area contributed by atoms with E-state index in [1.165, 1.54) is 5.57 Å². The molecule has 12 heavy (non-hydrogen) atoms. The van der Waals surface area contributed by atoms with Gasteiger partial charge in [-0.2, -0.15) is 0 Å². The van der Waals surface area contributed by atoms with Gasteiger partial charge in [0.2, 0.25) is 0 Å². The highest BCUT2D eigenvalue weighted by atomic mass is 16.3. The lowest BCUT2D eigenvalue weighted by Gasteiger charge is -2.31. The second-order valence-corrected chi connectivity index (χ2v) is 4.52. The van der Waals surface area contributed by atoms with Gasteiger partial charge in [-0.05, 0) is 25.2 Å². The molecule has 0 radical (unpaired) electrons. The normalized spacial score (nSPS) is 35.6. The van der Waals surface area contributed by atoms with Crippen molar-refractivity contribution >= 4 is 0 Å². The van der Waals surface area contributed by atoms with E-state index in [0.717, 1.165) is 12.8 Å². The Morgan fingerprint density at radius 2 is 2.17 bits per heavy atom. The van der Waals surface area contributed by atoms with E-state index in [4.69, 9.17) is 5.73 Å². The zero-order valence-corrected chi connectivity index (χ0v) is 8.17. The quantitative estimate of drug-likeness (QED) is 0.539. The zero-order valence-electron chi connectivity index (χ0n) is 8.17. The summed E-state index contributed by atoms with van der Waals surface area (Å²) in [6.07, 6.45) is 3.65. The molecular formula is C10H19NO. The van der Waals surface area contributed by atoms with Crippen molar-refractivity contribution in [3.05, 3.63) is 11.6 Å². The van der Waals surface area contributed by atoms with Crippen molar-refractivity contribution in [2.45, 2.75) is 45.8 Å². The van der Waals surface area contributed by atoms with E-state index in [9.17, 15) is 5.11 Å². The van der Waals surface area contributed by atoms with E-state index < -0.39 is 6.10 Å². The summed E-state index contributed by atoms with van der Waals surface area (Å²) in [5, 5.41) is 9.83. The maximum absolute atomic E-state index is 9.83. The van der Waals surface area contributed by atoms with Crippen molar-refractivity contribution < 1.29 is 5.11 Å². The van der Waals surface area contributed by atoms with Crippen LogP contribution < -0.4 is 5.73 Å². The summed E-state index contributed by atoms with van der Waals surface area (Å²) in [5.41, 5.74) is 7.07. The highest BCUT2D eigenvalue weighted by molar-refractivity contribution is 5.11. The molecule has 1 aliphatic carbocycles. The van der Waals surface area contributed by atoms with Crippen LogP contribution in [0.25, 0.3) is 0 Å². The Labute approximate surface area is 74.5 Å². The molecule has 70 valence electrons. The van der Waals surface area contributed by atoms with E-state index in [0.29, 0.717) is 0 Å². The lowest BCUT2D eigenvalue weighted by atomic mass is 9.80. The van der Waals surface area contributed by atoms with Crippen LogP contribution in [0.1, 0.15) is 33.6 Å². The van der Waals surface area contributed by atoms with Crippen LogP contribution in [0.5, 0.6) is 0 Å². The van der Waals surface area contributed by atoms with Crippen LogP contribution in [0.4, 0.5) is 0 Å². The maximum Gasteiger partial charge on any atom is 0.0777 e. The minimum Gasteiger partial charge on any atom is -0.391 e. The van der Waals surface area contributed by atoms with E-state index in [1.54, 1.807) is 0 Å². The van der Waals surface area contributed by atoms with E-state index in [1.807, 2.05) is 6.08 Å². The summed E-state index contributed by atoms with van der Waals surface area (Å²) in [6, 6.07) is -0.192. The Morgan fingerprint density at radius 1 is 1.58 bits per heavy atom. The number of nitrogens with two attached hydrogens (primary N) is 1. The first-order valence-corrected chi connectivity index (χ1v) is 4.54. The average molecular weight is 169 g/mol. The van der Waals surface area contributed by atoms with Gasteiger partial charge < -0.3 is 10.8 Å². The van der Waals surface area contributed by atoms with Gasteiger partial charge in [0.25, 0.3) is 0 Å². The van der Waals surface area contributed by atoms with E-state index >= 15 is 0 Å². The van der Waals surface area contributed by atoms with Gasteiger partial charge >= 0.3 is 0 Å². The Bertz CT molecular complexity index is 196. The van der Waals surface area contributed by atoms with Crippen molar-refractivity contribution in [2.24, 2.45) is 11.1 Å². The van der Waals surface area contributed by atoms with Crippen LogP contribution in [0.15, 0.2) is 11.6 Å². The molecule has 0 fully saturated rings. The molecular weight excluding hydrogens is 150 g/mol. The first-order chi connectivity index (χ1) is 5.43. The largest absolute Gasteiger partial charge is 0.391 e. The van der Waals surface area contributed by atoms with Crippen molar-refractivity contribution in [1.29, 1.82) is 0 Å². The highest BCUT2D eigenvalue weighted by Crippen LogP contribution is 2.33. The Hall–Kier alpha value is -0.340. The molecule has 0 bridgehead atoms. The number of allylic oxidation sites excluding steroid dienone is 1. The van der Waals surface area contributed by atoms with Gasteiger partial charge in [0.15, 0.2) is 0 Å². The second kappa shape index (κ2) is 3.19. The lowest BCUT2D eigenvalue weighted by molar-refractivity contribution is 0.0380. The molecule has 0 aromatic rings. The SMILES string of the molecule is CC1=CC(N)C(O)C(C)(C)CC1. The van der Waals surface area contributed by atoms with E-state index in [-0.39, 0.29) is 11.5 Å². The molecule has 2 heteroatoms. The summed E-state index contributed by atoms with van der Waals surface area (Å²) in [5.74, 6) is 0. The zero-order chi connectivity index (χ0) is 9.35. The molecule has 0 saturated carbocycles. The highest BCUT2D eigenvalue weighted by Gasteiger charge is 2.33. The van der Waals surface area contributed by atoms with Crippen LogP contribution in [0, 0.1) is 5.41 Å². The second-order valence-electron chi connectivity index (χ2n) is 4.52. The minimum absolute atomic E-state index is 0.0479. The Balaban J connectivity index is 2.82. The predicted molar refractivity (Wildman–Crippen MR) is 50.8 cm³/mol. The third-order valence-electron chi connectivity index (χ3n) is 2.81. The van der Waals surface area contributed by atoms with Crippen LogP contribution in [0.2, 0.25) is 0 Å². The number of rotatable bonds is 0. The van der Waals surface area contributed by atoms with Gasteiger partial charge in [-0.25, -0.2) is 0 Å². The van der Waals surface area contributed by atoms with Gasteiger partial charge in [0, 0.05) is 6.04 Å². The third-order valence-corrected chi connectivity index (χ3v) is 2.81. The van der Waals surface area contributed by atoms with Gasteiger partial charge in [-0.1, -0.05) is 25.5 Å². The van der Waals surface area contributed by atoms with Gasteiger partial charge in [-0.3, -0.25) is 0 Å². The summed E-state index contributed by atoms with van der Waals surface area (Å²) < 4.78 is 0. The fourth-order valence-electron chi connectivity index (χ4n) is 1.69. The first-order valence-electron chi connectivity index (χ1n) is 4.54. The molecule has 0 heterocycles. The standard InChI is InChI=1S/C10H19NO/c1-7-4-5-10(2,3)9(12)8(11)6-7/h6,8-9,12H,4-5,11H2,1-3H3. The molecule has 0 aromatic carbocycles. The summed E-state index contributed by atoms with van der Waals surface area (Å²) in [4.78, 5) is 0. The van der Waals surface area contributed by atoms with Crippen LogP contribution >= 0.6 is 0 Å². The first kappa shape index (κ1) is 9.75. The summed E-state index contributed by atoms with van der Waals surface area (Å²) in [6.45, 7) is 6.22. The molecule has 0 amide bonds. The smallest absolute Gasteiger partial charge is 0.0777 e. The van der Waals surface area contributed by atoms with Crippen molar-refractivity contribution in [3.63, 3.8) is 0 Å². The fraction of sp³-hybridized carbons (Fsp3) is 0.800. The third kappa shape index (κ3) is 1.87. The Kier molecular flexibility index (Phi) is 2.59. The number of aliphatic hydroxyl groups excluding tert-OH is 1. The number of aliphatic hydroxyl groups is 1. The molecule has 3 N–H and O–H groups in total. The van der Waals surface area contributed by atoms with E-state index in [2.05, 4.69) is 20.8 Å². The van der Waals surface area contributed by atoms with Crippen LogP contribution in [0.3, 0.4) is 0 Å². The molecule has 2 unspecified atom stereocenters. The van der Waals surface area contributed by atoms with Gasteiger partial charge in [0.1, 0.15) is 0 Å². The number of hydrogen-bond donors (Lipinski definition) is 2. The summed E-state index contributed by atoms with van der Waals surface area (Å²) >= 11 is 0. The molecule has 0 aromatic heterocycles. The molecule has 0 spiro atoms. The molecule has 1 aliphatic rings. The molecule has 2 nitrogen and oxygen atoms in total. The maximum atomic E-state index is 9.83. The summed E-state index contributed by atoms with van der Waals surface area (Å²) in [7, 11) is 0. The fourth-order valence-corrected chi connectivity index (χ4v) is 1.69. The average Bonchev–Trinajstić information content (AvgIpc) is 2.04. The van der Waals surface area contributed by atoms with Crippen molar-refractivity contribution in [1.82, 2.24) is 0 Å². The molecule has 0 saturated heterocycles. The van der Waals surface area contributed by atoms with Crippen LogP contribution in [-0.2, 0) is 0 Å². The molecule has 0 aliphatic heterocycles.